The average Bonchev–Trinajstić information content (AvgIpc) is 2.97. The molecular formula is C20H27N3O3S. The van der Waals surface area contributed by atoms with Crippen molar-refractivity contribution in [3.8, 4) is 0 Å². The lowest BCUT2D eigenvalue weighted by Gasteiger charge is -2.34. The number of amides is 2. The molecule has 146 valence electrons. The number of unbranched alkanes of at least 4 members (excludes halogenated alkanes) is 1. The van der Waals surface area contributed by atoms with Crippen molar-refractivity contribution < 1.29 is 13.8 Å². The van der Waals surface area contributed by atoms with E-state index in [-0.39, 0.29) is 17.2 Å². The highest BCUT2D eigenvalue weighted by atomic mass is 32.2. The summed E-state index contributed by atoms with van der Waals surface area (Å²) in [5.41, 5.74) is 3.16. The van der Waals surface area contributed by atoms with Gasteiger partial charge in [-0.15, -0.1) is 0 Å². The number of hydrogen-bond acceptors (Lipinski definition) is 5. The van der Waals surface area contributed by atoms with Crippen LogP contribution in [0.4, 0.5) is 5.69 Å². The number of aliphatic imine (C=N–C) groups is 1. The third-order valence-electron chi connectivity index (χ3n) is 4.98. The Bertz CT molecular complexity index is 769. The molecule has 6 nitrogen and oxygen atoms in total. The Kier molecular flexibility index (Phi) is 6.22. The summed E-state index contributed by atoms with van der Waals surface area (Å²) in [5, 5.41) is 3.38. The molecule has 0 spiro atoms. The number of fused-ring (bicyclic) bond motifs is 1. The second-order valence-corrected chi connectivity index (χ2v) is 9.18. The van der Waals surface area contributed by atoms with E-state index in [1.165, 1.54) is 10.4 Å². The lowest BCUT2D eigenvalue weighted by Crippen LogP contribution is -2.46. The Morgan fingerprint density at radius 1 is 1.15 bits per heavy atom. The van der Waals surface area contributed by atoms with Crippen molar-refractivity contribution in [1.82, 2.24) is 10.2 Å². The summed E-state index contributed by atoms with van der Waals surface area (Å²) in [7, 11) is -1.12. The summed E-state index contributed by atoms with van der Waals surface area (Å²) in [4.78, 5) is 30.7. The summed E-state index contributed by atoms with van der Waals surface area (Å²) < 4.78 is 12.0. The fraction of sp³-hybridized carbons (Fsp3) is 0.550. The standard InChI is InChI=1S/C20H27N3O3S/c1-20(2)12-17(24)23(18(25)13-20)11-4-3-9-21-10-8-15-6-5-7-16-19(15)27(26)14-22-16/h5-7,14,21H,3-4,8-13H2,1-2H3. The van der Waals surface area contributed by atoms with Crippen molar-refractivity contribution in [3.63, 3.8) is 0 Å². The topological polar surface area (TPSA) is 78.8 Å². The molecule has 0 radical (unpaired) electrons. The molecular weight excluding hydrogens is 362 g/mol. The minimum Gasteiger partial charge on any atom is -0.316 e. The Labute approximate surface area is 162 Å². The molecule has 1 saturated heterocycles. The summed E-state index contributed by atoms with van der Waals surface area (Å²) in [5.74, 6) is -0.0882. The largest absolute Gasteiger partial charge is 0.316 e. The van der Waals surface area contributed by atoms with Crippen LogP contribution in [0.2, 0.25) is 0 Å². The van der Waals surface area contributed by atoms with Crippen molar-refractivity contribution in [2.75, 3.05) is 19.6 Å². The highest BCUT2D eigenvalue weighted by Gasteiger charge is 2.36. The second kappa shape index (κ2) is 8.44. The van der Waals surface area contributed by atoms with Gasteiger partial charge < -0.3 is 5.32 Å². The lowest BCUT2D eigenvalue weighted by molar-refractivity contribution is -0.152. The molecule has 2 aliphatic heterocycles. The Morgan fingerprint density at radius 3 is 2.63 bits per heavy atom. The van der Waals surface area contributed by atoms with E-state index in [4.69, 9.17) is 0 Å². The number of benzene rings is 1. The quantitative estimate of drug-likeness (QED) is 0.547. The third-order valence-corrected chi connectivity index (χ3v) is 6.15. The van der Waals surface area contributed by atoms with Gasteiger partial charge in [-0.25, -0.2) is 9.20 Å². The van der Waals surface area contributed by atoms with Gasteiger partial charge in [0.2, 0.25) is 11.8 Å². The number of carbonyl (C=O) groups is 2. The summed E-state index contributed by atoms with van der Waals surface area (Å²) in [6.45, 7) is 6.07. The van der Waals surface area contributed by atoms with Gasteiger partial charge in [0.1, 0.15) is 0 Å². The van der Waals surface area contributed by atoms with Crippen LogP contribution >= 0.6 is 0 Å². The molecule has 2 amide bonds. The van der Waals surface area contributed by atoms with E-state index in [0.717, 1.165) is 48.5 Å². The smallest absolute Gasteiger partial charge is 0.229 e. The number of rotatable bonds is 8. The number of likely N-dealkylation sites (tertiary alicyclic amines) is 1. The lowest BCUT2D eigenvalue weighted by atomic mass is 9.82. The number of imide groups is 1. The fourth-order valence-electron chi connectivity index (χ4n) is 3.59. The van der Waals surface area contributed by atoms with Crippen molar-refractivity contribution in [2.45, 2.75) is 50.8 Å². The van der Waals surface area contributed by atoms with Gasteiger partial charge in [-0.05, 0) is 49.4 Å². The molecule has 1 aromatic carbocycles. The maximum absolute atomic E-state index is 12.1. The first-order valence-corrected chi connectivity index (χ1v) is 10.7. The summed E-state index contributed by atoms with van der Waals surface area (Å²) in [6.07, 6.45) is 3.41. The number of nitrogens with zero attached hydrogens (tertiary/aromatic N) is 2. The van der Waals surface area contributed by atoms with Gasteiger partial charge >= 0.3 is 0 Å². The van der Waals surface area contributed by atoms with Gasteiger partial charge in [0, 0.05) is 19.4 Å². The molecule has 2 aliphatic rings. The maximum Gasteiger partial charge on any atom is 0.229 e. The number of nitrogens with one attached hydrogen (secondary N) is 1. The molecule has 1 atom stereocenters. The molecule has 2 heterocycles. The van der Waals surface area contributed by atoms with Crippen LogP contribution in [0.15, 0.2) is 28.1 Å². The van der Waals surface area contributed by atoms with E-state index >= 15 is 0 Å². The van der Waals surface area contributed by atoms with E-state index < -0.39 is 10.8 Å². The molecule has 0 bridgehead atoms. The minimum absolute atomic E-state index is 0.0441. The van der Waals surface area contributed by atoms with E-state index in [9.17, 15) is 13.8 Å². The predicted octanol–water partition coefficient (Wildman–Crippen LogP) is 2.56. The van der Waals surface area contributed by atoms with E-state index in [0.29, 0.717) is 19.4 Å². The van der Waals surface area contributed by atoms with Crippen molar-refractivity contribution in [1.29, 1.82) is 0 Å². The average molecular weight is 390 g/mol. The van der Waals surface area contributed by atoms with Crippen LogP contribution in [0.5, 0.6) is 0 Å². The molecule has 0 saturated carbocycles. The van der Waals surface area contributed by atoms with E-state index in [1.54, 1.807) is 0 Å². The maximum atomic E-state index is 12.1. The minimum atomic E-state index is -1.12. The van der Waals surface area contributed by atoms with Crippen LogP contribution in [0, 0.1) is 5.41 Å². The van der Waals surface area contributed by atoms with Crippen molar-refractivity contribution in [3.05, 3.63) is 23.8 Å². The molecule has 3 rings (SSSR count). The van der Waals surface area contributed by atoms with Crippen LogP contribution in [-0.4, -0.2) is 46.1 Å². The van der Waals surface area contributed by atoms with Crippen molar-refractivity contribution >= 4 is 33.8 Å². The first kappa shape index (κ1) is 19.9. The third kappa shape index (κ3) is 4.90. The zero-order chi connectivity index (χ0) is 19.4. The number of carbonyl (C=O) groups excluding carboxylic acids is 2. The highest BCUT2D eigenvalue weighted by molar-refractivity contribution is 7.99. The number of hydrogen-bond donors (Lipinski definition) is 1. The monoisotopic (exact) mass is 389 g/mol. The Morgan fingerprint density at radius 2 is 1.89 bits per heavy atom. The van der Waals surface area contributed by atoms with Crippen LogP contribution in [0.25, 0.3) is 0 Å². The van der Waals surface area contributed by atoms with Gasteiger partial charge in [-0.2, -0.15) is 0 Å². The SMILES string of the molecule is CC1(C)CC(=O)N(CCCCNCCc2cccc3c2S(=O)C=N3)C(=O)C1. The molecule has 1 N–H and O–H groups in total. The first-order chi connectivity index (χ1) is 12.9. The van der Waals surface area contributed by atoms with Crippen LogP contribution in [0.3, 0.4) is 0 Å². The van der Waals surface area contributed by atoms with E-state index in [1.807, 2.05) is 32.0 Å². The molecule has 0 aromatic heterocycles. The summed E-state index contributed by atoms with van der Waals surface area (Å²) in [6, 6.07) is 5.84. The molecule has 27 heavy (non-hydrogen) atoms. The fourth-order valence-corrected chi connectivity index (χ4v) is 4.66. The predicted molar refractivity (Wildman–Crippen MR) is 107 cm³/mol. The Hall–Kier alpha value is -1.86. The molecule has 1 aromatic rings. The van der Waals surface area contributed by atoms with Crippen molar-refractivity contribution in [2.24, 2.45) is 10.4 Å². The highest BCUT2D eigenvalue weighted by Crippen LogP contribution is 2.32. The van der Waals surface area contributed by atoms with E-state index in [2.05, 4.69) is 10.3 Å². The molecule has 1 unspecified atom stereocenters. The zero-order valence-electron chi connectivity index (χ0n) is 16.0. The normalized spacial score (nSPS) is 21.0. The van der Waals surface area contributed by atoms with Crippen LogP contribution < -0.4 is 5.32 Å². The van der Waals surface area contributed by atoms with Gasteiger partial charge in [-0.1, -0.05) is 26.0 Å². The zero-order valence-corrected chi connectivity index (χ0v) is 16.8. The molecule has 0 aliphatic carbocycles. The molecule has 7 heteroatoms. The number of piperidine rings is 1. The summed E-state index contributed by atoms with van der Waals surface area (Å²) >= 11 is 0. The molecule has 1 fully saturated rings. The second-order valence-electron chi connectivity index (χ2n) is 7.96. The van der Waals surface area contributed by atoms with Gasteiger partial charge in [-0.3, -0.25) is 14.5 Å². The Balaban J connectivity index is 1.34. The van der Waals surface area contributed by atoms with Gasteiger partial charge in [0.15, 0.2) is 0 Å². The van der Waals surface area contributed by atoms with Crippen LogP contribution in [-0.2, 0) is 26.8 Å². The van der Waals surface area contributed by atoms with Crippen LogP contribution in [0.1, 0.15) is 45.1 Å². The first-order valence-electron chi connectivity index (χ1n) is 9.48. The van der Waals surface area contributed by atoms with Gasteiger partial charge in [0.25, 0.3) is 0 Å². The van der Waals surface area contributed by atoms with Gasteiger partial charge in [0.05, 0.1) is 26.9 Å².